The lowest BCUT2D eigenvalue weighted by Crippen LogP contribution is -2.40. The number of nitrogens with one attached hydrogen (secondary N) is 1. The number of carbonyl (C=O) groups is 2. The molecule has 0 aliphatic carbocycles. The first-order valence-corrected chi connectivity index (χ1v) is 9.05. The predicted octanol–water partition coefficient (Wildman–Crippen LogP) is 2.69. The number of urea groups is 1. The second-order valence-electron chi connectivity index (χ2n) is 6.58. The Hall–Kier alpha value is -3.37. The van der Waals surface area contributed by atoms with Crippen molar-refractivity contribution in [3.8, 4) is 6.07 Å². The SMILES string of the molecule is CN(Cc1cccc(C#N)c1)C(=O)Nc1cccc(C(=O)N2CCOCC2)c1. The molecular formula is C21H22N4O3. The number of morpholine rings is 1. The van der Waals surface area contributed by atoms with Crippen molar-refractivity contribution < 1.29 is 14.3 Å². The molecular weight excluding hydrogens is 356 g/mol. The Morgan fingerprint density at radius 2 is 1.93 bits per heavy atom. The number of hydrogen-bond donors (Lipinski definition) is 1. The maximum atomic E-state index is 12.6. The molecule has 7 nitrogen and oxygen atoms in total. The van der Waals surface area contributed by atoms with Gasteiger partial charge in [-0.25, -0.2) is 4.79 Å². The van der Waals surface area contributed by atoms with Gasteiger partial charge in [-0.05, 0) is 35.9 Å². The van der Waals surface area contributed by atoms with Crippen molar-refractivity contribution in [3.63, 3.8) is 0 Å². The van der Waals surface area contributed by atoms with E-state index in [0.29, 0.717) is 49.7 Å². The largest absolute Gasteiger partial charge is 0.378 e. The Labute approximate surface area is 164 Å². The van der Waals surface area contributed by atoms with E-state index >= 15 is 0 Å². The molecule has 2 aromatic carbocycles. The minimum absolute atomic E-state index is 0.0685. The fraction of sp³-hybridized carbons (Fsp3) is 0.286. The zero-order valence-electron chi connectivity index (χ0n) is 15.7. The van der Waals surface area contributed by atoms with Crippen LogP contribution < -0.4 is 5.32 Å². The number of ether oxygens (including phenoxy) is 1. The van der Waals surface area contributed by atoms with Gasteiger partial charge in [0.1, 0.15) is 0 Å². The molecule has 0 spiro atoms. The molecule has 144 valence electrons. The molecule has 2 aromatic rings. The first kappa shape index (κ1) is 19.4. The van der Waals surface area contributed by atoms with Crippen LogP contribution in [0.3, 0.4) is 0 Å². The Balaban J connectivity index is 1.63. The van der Waals surface area contributed by atoms with Gasteiger partial charge in [-0.1, -0.05) is 18.2 Å². The summed E-state index contributed by atoms with van der Waals surface area (Å²) in [5.41, 5.74) is 2.51. The molecule has 1 saturated heterocycles. The van der Waals surface area contributed by atoms with Crippen molar-refractivity contribution in [2.45, 2.75) is 6.54 Å². The average molecular weight is 378 g/mol. The van der Waals surface area contributed by atoms with E-state index in [2.05, 4.69) is 11.4 Å². The summed E-state index contributed by atoms with van der Waals surface area (Å²) >= 11 is 0. The lowest BCUT2D eigenvalue weighted by molar-refractivity contribution is 0.0303. The maximum Gasteiger partial charge on any atom is 0.321 e. The van der Waals surface area contributed by atoms with Gasteiger partial charge in [-0.2, -0.15) is 5.26 Å². The fourth-order valence-corrected chi connectivity index (χ4v) is 2.98. The summed E-state index contributed by atoms with van der Waals surface area (Å²) in [6, 6.07) is 15.9. The Kier molecular flexibility index (Phi) is 6.25. The zero-order chi connectivity index (χ0) is 19.9. The fourth-order valence-electron chi connectivity index (χ4n) is 2.98. The van der Waals surface area contributed by atoms with Gasteiger partial charge in [-0.3, -0.25) is 4.79 Å². The molecule has 1 N–H and O–H groups in total. The highest BCUT2D eigenvalue weighted by Crippen LogP contribution is 2.15. The van der Waals surface area contributed by atoms with Crippen LogP contribution in [-0.2, 0) is 11.3 Å². The Morgan fingerprint density at radius 1 is 1.18 bits per heavy atom. The smallest absolute Gasteiger partial charge is 0.321 e. The lowest BCUT2D eigenvalue weighted by atomic mass is 10.1. The number of rotatable bonds is 4. The van der Waals surface area contributed by atoms with E-state index < -0.39 is 0 Å². The minimum atomic E-state index is -0.293. The molecule has 7 heteroatoms. The van der Waals surface area contributed by atoms with E-state index in [0.717, 1.165) is 5.56 Å². The van der Waals surface area contributed by atoms with Crippen LogP contribution in [0.1, 0.15) is 21.5 Å². The van der Waals surface area contributed by atoms with Gasteiger partial charge < -0.3 is 19.9 Å². The summed E-state index contributed by atoms with van der Waals surface area (Å²) in [6.45, 7) is 2.59. The van der Waals surface area contributed by atoms with E-state index in [1.54, 1.807) is 54.4 Å². The molecule has 28 heavy (non-hydrogen) atoms. The molecule has 0 aromatic heterocycles. The quantitative estimate of drug-likeness (QED) is 0.886. The first-order chi connectivity index (χ1) is 13.6. The van der Waals surface area contributed by atoms with Crippen LogP contribution >= 0.6 is 0 Å². The number of carbonyl (C=O) groups excluding carboxylic acids is 2. The van der Waals surface area contributed by atoms with Crippen molar-refractivity contribution in [1.82, 2.24) is 9.80 Å². The highest BCUT2D eigenvalue weighted by atomic mass is 16.5. The molecule has 0 bridgehead atoms. The molecule has 1 fully saturated rings. The van der Waals surface area contributed by atoms with Gasteiger partial charge in [0.15, 0.2) is 0 Å². The number of nitrogens with zero attached hydrogens (tertiary/aromatic N) is 3. The zero-order valence-corrected chi connectivity index (χ0v) is 15.7. The van der Waals surface area contributed by atoms with Crippen LogP contribution in [0.2, 0.25) is 0 Å². The summed E-state index contributed by atoms with van der Waals surface area (Å²) in [7, 11) is 1.68. The summed E-state index contributed by atoms with van der Waals surface area (Å²) in [5, 5.41) is 11.8. The van der Waals surface area contributed by atoms with Crippen LogP contribution in [0.4, 0.5) is 10.5 Å². The third kappa shape index (κ3) is 4.87. The summed E-state index contributed by atoms with van der Waals surface area (Å²) in [4.78, 5) is 28.4. The van der Waals surface area contributed by atoms with Gasteiger partial charge >= 0.3 is 6.03 Å². The van der Waals surface area contributed by atoms with Crippen LogP contribution in [0.5, 0.6) is 0 Å². The summed E-state index contributed by atoms with van der Waals surface area (Å²) in [5.74, 6) is -0.0685. The van der Waals surface area contributed by atoms with Crippen LogP contribution in [0.25, 0.3) is 0 Å². The second kappa shape index (κ2) is 9.02. The third-order valence-electron chi connectivity index (χ3n) is 4.48. The van der Waals surface area contributed by atoms with Gasteiger partial charge in [0.2, 0.25) is 0 Å². The number of hydrogen-bond acceptors (Lipinski definition) is 4. The van der Waals surface area contributed by atoms with Crippen molar-refractivity contribution >= 4 is 17.6 Å². The molecule has 0 unspecified atom stereocenters. The second-order valence-corrected chi connectivity index (χ2v) is 6.58. The molecule has 0 atom stereocenters. The molecule has 3 amide bonds. The number of amides is 3. The molecule has 1 aliphatic rings. The molecule has 1 heterocycles. The Bertz CT molecular complexity index is 901. The van der Waals surface area contributed by atoms with Gasteiger partial charge in [-0.15, -0.1) is 0 Å². The monoisotopic (exact) mass is 378 g/mol. The summed E-state index contributed by atoms with van der Waals surface area (Å²) < 4.78 is 5.28. The van der Waals surface area contributed by atoms with Crippen LogP contribution in [0, 0.1) is 11.3 Å². The van der Waals surface area contributed by atoms with Crippen molar-refractivity contribution in [1.29, 1.82) is 5.26 Å². The Morgan fingerprint density at radius 3 is 2.68 bits per heavy atom. The molecule has 1 aliphatic heterocycles. The third-order valence-corrected chi connectivity index (χ3v) is 4.48. The highest BCUT2D eigenvalue weighted by molar-refractivity contribution is 5.97. The molecule has 3 rings (SSSR count). The van der Waals surface area contributed by atoms with E-state index in [4.69, 9.17) is 10.00 Å². The average Bonchev–Trinajstić information content (AvgIpc) is 2.74. The van der Waals surface area contributed by atoms with Crippen molar-refractivity contribution in [3.05, 3.63) is 65.2 Å². The lowest BCUT2D eigenvalue weighted by Gasteiger charge is -2.27. The van der Waals surface area contributed by atoms with E-state index in [1.165, 1.54) is 4.90 Å². The molecule has 0 saturated carbocycles. The standard InChI is InChI=1S/C21H22N4O3/c1-24(15-17-5-2-4-16(12-17)14-22)21(27)23-19-7-3-6-18(13-19)20(26)25-8-10-28-11-9-25/h2-7,12-13H,8-11,15H2,1H3,(H,23,27). The van der Waals surface area contributed by atoms with Crippen molar-refractivity contribution in [2.75, 3.05) is 38.7 Å². The van der Waals surface area contributed by atoms with Crippen LogP contribution in [-0.4, -0.2) is 55.1 Å². The maximum absolute atomic E-state index is 12.6. The first-order valence-electron chi connectivity index (χ1n) is 9.05. The number of benzene rings is 2. The topological polar surface area (TPSA) is 85.7 Å². The minimum Gasteiger partial charge on any atom is -0.378 e. The van der Waals surface area contributed by atoms with Gasteiger partial charge in [0.05, 0.1) is 24.8 Å². The summed E-state index contributed by atoms with van der Waals surface area (Å²) in [6.07, 6.45) is 0. The van der Waals surface area contributed by atoms with E-state index in [-0.39, 0.29) is 11.9 Å². The van der Waals surface area contributed by atoms with Gasteiger partial charge in [0.25, 0.3) is 5.91 Å². The van der Waals surface area contributed by atoms with E-state index in [1.807, 2.05) is 6.07 Å². The molecule has 0 radical (unpaired) electrons. The van der Waals surface area contributed by atoms with E-state index in [9.17, 15) is 9.59 Å². The highest BCUT2D eigenvalue weighted by Gasteiger charge is 2.19. The number of anilines is 1. The predicted molar refractivity (Wildman–Crippen MR) is 105 cm³/mol. The van der Waals surface area contributed by atoms with Crippen molar-refractivity contribution in [2.24, 2.45) is 0 Å². The van der Waals surface area contributed by atoms with Gasteiger partial charge in [0, 0.05) is 37.9 Å². The van der Waals surface area contributed by atoms with Crippen LogP contribution in [0.15, 0.2) is 48.5 Å². The normalized spacial score (nSPS) is 13.5. The number of nitriles is 1.